The fourth-order valence-electron chi connectivity index (χ4n) is 3.03. The second kappa shape index (κ2) is 9.95. The lowest BCUT2D eigenvalue weighted by atomic mass is 9.86. The molecule has 9 heteroatoms. The van der Waals surface area contributed by atoms with Crippen molar-refractivity contribution >= 4 is 23.3 Å². The number of hydrogen-bond acceptors (Lipinski definition) is 5. The summed E-state index contributed by atoms with van der Waals surface area (Å²) in [7, 11) is 1.50. The van der Waals surface area contributed by atoms with Crippen molar-refractivity contribution < 1.29 is 14.3 Å². The molecule has 1 aromatic carbocycles. The van der Waals surface area contributed by atoms with Crippen LogP contribution < -0.4 is 20.7 Å². The molecule has 168 valence electrons. The molecule has 0 saturated heterocycles. The van der Waals surface area contributed by atoms with E-state index in [1.807, 2.05) is 10.8 Å². The van der Waals surface area contributed by atoms with E-state index >= 15 is 0 Å². The molecule has 3 N–H and O–H groups in total. The summed E-state index contributed by atoms with van der Waals surface area (Å²) >= 11 is 0. The Morgan fingerprint density at radius 3 is 2.56 bits per heavy atom. The van der Waals surface area contributed by atoms with Gasteiger partial charge in [-0.2, -0.15) is 0 Å². The number of imidazole rings is 1. The zero-order valence-electron chi connectivity index (χ0n) is 18.6. The molecule has 0 spiro atoms. The molecule has 0 radical (unpaired) electrons. The number of carbonyl (C=O) groups is 2. The largest absolute Gasteiger partial charge is 0.494 e. The number of nitrogens with zero attached hydrogens (tertiary/aromatic N) is 3. The summed E-state index contributed by atoms with van der Waals surface area (Å²) in [5, 5.41) is 8.66. The highest BCUT2D eigenvalue weighted by atomic mass is 16.5. The first kappa shape index (κ1) is 22.8. The predicted molar refractivity (Wildman–Crippen MR) is 123 cm³/mol. The minimum Gasteiger partial charge on any atom is -0.494 e. The van der Waals surface area contributed by atoms with Gasteiger partial charge in [0.1, 0.15) is 5.75 Å². The van der Waals surface area contributed by atoms with Crippen LogP contribution in [-0.2, 0) is 6.54 Å². The van der Waals surface area contributed by atoms with Gasteiger partial charge in [-0.1, -0.05) is 20.8 Å². The van der Waals surface area contributed by atoms with Crippen molar-refractivity contribution in [3.05, 3.63) is 67.0 Å². The zero-order valence-corrected chi connectivity index (χ0v) is 18.6. The van der Waals surface area contributed by atoms with Gasteiger partial charge in [-0.05, 0) is 29.7 Å². The van der Waals surface area contributed by atoms with Crippen molar-refractivity contribution in [1.29, 1.82) is 0 Å². The molecule has 3 rings (SSSR count). The van der Waals surface area contributed by atoms with Crippen molar-refractivity contribution in [2.75, 3.05) is 17.7 Å². The number of urea groups is 1. The van der Waals surface area contributed by atoms with Crippen LogP contribution in [0.4, 0.5) is 16.2 Å². The molecule has 0 fully saturated rings. The van der Waals surface area contributed by atoms with Crippen LogP contribution in [0, 0.1) is 5.41 Å². The molecule has 2 aromatic heterocycles. The van der Waals surface area contributed by atoms with E-state index in [9.17, 15) is 9.59 Å². The molecule has 1 unspecified atom stereocenters. The van der Waals surface area contributed by atoms with Gasteiger partial charge in [-0.15, -0.1) is 0 Å². The van der Waals surface area contributed by atoms with E-state index in [0.29, 0.717) is 29.2 Å². The average molecular weight is 437 g/mol. The Balaban J connectivity index is 1.67. The van der Waals surface area contributed by atoms with Crippen molar-refractivity contribution in [3.63, 3.8) is 0 Å². The first-order chi connectivity index (χ1) is 15.3. The molecule has 3 amide bonds. The first-order valence-corrected chi connectivity index (χ1v) is 10.2. The van der Waals surface area contributed by atoms with Gasteiger partial charge in [-0.25, -0.2) is 9.78 Å². The van der Waals surface area contributed by atoms with Gasteiger partial charge in [-0.3, -0.25) is 9.78 Å². The van der Waals surface area contributed by atoms with Crippen LogP contribution in [-0.4, -0.2) is 39.6 Å². The quantitative estimate of drug-likeness (QED) is 0.522. The Hall–Kier alpha value is -3.88. The third-order valence-corrected chi connectivity index (χ3v) is 4.93. The standard InChI is InChI=1S/C23H28N6O3/c1-23(2,3)20(14-29-11-10-25-15-29)28-22(31)26-17-7-8-18(19(12-17)32-4)27-21(30)16-6-5-9-24-13-16/h5-13,15,20H,14H2,1-4H3,(H,27,30)(H2,26,28,31). The number of methoxy groups -OCH3 is 1. The minimum atomic E-state index is -0.334. The molecule has 3 aromatic rings. The smallest absolute Gasteiger partial charge is 0.319 e. The van der Waals surface area contributed by atoms with Gasteiger partial charge in [0.05, 0.1) is 30.7 Å². The number of hydrogen-bond donors (Lipinski definition) is 3. The summed E-state index contributed by atoms with van der Waals surface area (Å²) < 4.78 is 7.33. The Morgan fingerprint density at radius 2 is 1.94 bits per heavy atom. The normalized spacial score (nSPS) is 12.0. The van der Waals surface area contributed by atoms with Crippen LogP contribution >= 0.6 is 0 Å². The fourth-order valence-corrected chi connectivity index (χ4v) is 3.03. The number of aromatic nitrogens is 3. The number of rotatable bonds is 7. The van der Waals surface area contributed by atoms with Crippen molar-refractivity contribution in [2.45, 2.75) is 33.4 Å². The molecule has 9 nitrogen and oxygen atoms in total. The Labute approximate surface area is 187 Å². The van der Waals surface area contributed by atoms with Gasteiger partial charge < -0.3 is 25.3 Å². The SMILES string of the molecule is COc1cc(NC(=O)NC(Cn2ccnc2)C(C)(C)C)ccc1NC(=O)c1cccnc1. The van der Waals surface area contributed by atoms with Crippen molar-refractivity contribution in [1.82, 2.24) is 19.9 Å². The molecule has 0 aliphatic rings. The minimum absolute atomic E-state index is 0.128. The molecule has 0 aliphatic heterocycles. The summed E-state index contributed by atoms with van der Waals surface area (Å²) in [6, 6.07) is 7.93. The van der Waals surface area contributed by atoms with E-state index in [-0.39, 0.29) is 23.4 Å². The second-order valence-electron chi connectivity index (χ2n) is 8.39. The predicted octanol–water partition coefficient (Wildman–Crippen LogP) is 3.78. The molecule has 0 bridgehead atoms. The zero-order chi connectivity index (χ0) is 23.1. The number of nitrogens with one attached hydrogen (secondary N) is 3. The Kier molecular flexibility index (Phi) is 7.09. The summed E-state index contributed by atoms with van der Waals surface area (Å²) in [5.74, 6) is 0.119. The van der Waals surface area contributed by atoms with Crippen molar-refractivity contribution in [2.24, 2.45) is 5.41 Å². The van der Waals surface area contributed by atoms with Gasteiger partial charge in [0.15, 0.2) is 0 Å². The van der Waals surface area contributed by atoms with Crippen LogP contribution in [0.15, 0.2) is 61.4 Å². The van der Waals surface area contributed by atoms with Crippen LogP contribution in [0.3, 0.4) is 0 Å². The highest BCUT2D eigenvalue weighted by Gasteiger charge is 2.26. The molecular formula is C23H28N6O3. The highest BCUT2D eigenvalue weighted by molar-refractivity contribution is 6.05. The topological polar surface area (TPSA) is 110 Å². The Bertz CT molecular complexity index is 1050. The van der Waals surface area contributed by atoms with Gasteiger partial charge in [0.25, 0.3) is 5.91 Å². The van der Waals surface area contributed by atoms with E-state index in [4.69, 9.17) is 4.74 Å². The molecule has 0 aliphatic carbocycles. The third kappa shape index (κ3) is 6.07. The van der Waals surface area contributed by atoms with Gasteiger partial charge in [0, 0.05) is 43.1 Å². The molecule has 0 saturated carbocycles. The summed E-state index contributed by atoms with van der Waals surface area (Å²) in [4.78, 5) is 33.1. The maximum Gasteiger partial charge on any atom is 0.319 e. The first-order valence-electron chi connectivity index (χ1n) is 10.2. The maximum atomic E-state index is 12.7. The number of anilines is 2. The van der Waals surface area contributed by atoms with E-state index < -0.39 is 0 Å². The van der Waals surface area contributed by atoms with Crippen molar-refractivity contribution in [3.8, 4) is 5.75 Å². The number of ether oxygens (including phenoxy) is 1. The monoisotopic (exact) mass is 436 g/mol. The molecule has 2 heterocycles. The Morgan fingerprint density at radius 1 is 1.12 bits per heavy atom. The van der Waals surface area contributed by atoms with Crippen LogP contribution in [0.5, 0.6) is 5.75 Å². The molecular weight excluding hydrogens is 408 g/mol. The number of pyridine rings is 1. The highest BCUT2D eigenvalue weighted by Crippen LogP contribution is 2.28. The number of amides is 3. The lowest BCUT2D eigenvalue weighted by Gasteiger charge is -2.31. The van der Waals surface area contributed by atoms with E-state index in [0.717, 1.165) is 0 Å². The van der Waals surface area contributed by atoms with Crippen LogP contribution in [0.1, 0.15) is 31.1 Å². The molecule has 32 heavy (non-hydrogen) atoms. The van der Waals surface area contributed by atoms with Gasteiger partial charge >= 0.3 is 6.03 Å². The summed E-state index contributed by atoms with van der Waals surface area (Å²) in [6.07, 6.45) is 8.38. The van der Waals surface area contributed by atoms with E-state index in [2.05, 4.69) is 46.7 Å². The van der Waals surface area contributed by atoms with Gasteiger partial charge in [0.2, 0.25) is 0 Å². The fraction of sp³-hybridized carbons (Fsp3) is 0.304. The summed E-state index contributed by atoms with van der Waals surface area (Å²) in [6.45, 7) is 6.80. The van der Waals surface area contributed by atoms with Crippen LogP contribution in [0.2, 0.25) is 0 Å². The lowest BCUT2D eigenvalue weighted by molar-refractivity contribution is 0.102. The summed E-state index contributed by atoms with van der Waals surface area (Å²) in [5.41, 5.74) is 1.29. The molecule has 1 atom stereocenters. The number of benzene rings is 1. The van der Waals surface area contributed by atoms with Crippen LogP contribution in [0.25, 0.3) is 0 Å². The second-order valence-corrected chi connectivity index (χ2v) is 8.39. The average Bonchev–Trinajstić information content (AvgIpc) is 3.27. The van der Waals surface area contributed by atoms with E-state index in [1.54, 1.807) is 49.1 Å². The lowest BCUT2D eigenvalue weighted by Crippen LogP contribution is -2.47. The third-order valence-electron chi connectivity index (χ3n) is 4.93. The maximum absolute atomic E-state index is 12.7. The number of carbonyl (C=O) groups excluding carboxylic acids is 2. The van der Waals surface area contributed by atoms with E-state index in [1.165, 1.54) is 13.3 Å².